The van der Waals surface area contributed by atoms with E-state index >= 15 is 0 Å². The van der Waals surface area contributed by atoms with Crippen LogP contribution < -0.4 is 11.1 Å². The monoisotopic (exact) mass is 234 g/mol. The van der Waals surface area contributed by atoms with E-state index in [0.29, 0.717) is 17.5 Å². The molecular weight excluding hydrogens is 216 g/mol. The van der Waals surface area contributed by atoms with Gasteiger partial charge in [-0.3, -0.25) is 0 Å². The Morgan fingerprint density at radius 1 is 1.53 bits per heavy atom. The summed E-state index contributed by atoms with van der Waals surface area (Å²) >= 11 is 0. The van der Waals surface area contributed by atoms with Crippen LogP contribution in [0.25, 0.3) is 0 Å². The lowest BCUT2D eigenvalue weighted by molar-refractivity contribution is 0.0696. The molecule has 1 aliphatic rings. The summed E-state index contributed by atoms with van der Waals surface area (Å²) in [6.07, 6.45) is 0.900. The molecule has 1 aliphatic heterocycles. The molecule has 4 N–H and O–H groups in total. The largest absolute Gasteiger partial charge is 0.478 e. The molecule has 0 aliphatic carbocycles. The molecule has 0 saturated carbocycles. The normalized spacial score (nSPS) is 28.9. The lowest BCUT2D eigenvalue weighted by atomic mass is 9.86. The summed E-state index contributed by atoms with van der Waals surface area (Å²) in [5, 5.41) is 12.3. The van der Waals surface area contributed by atoms with Crippen LogP contribution in [-0.2, 0) is 0 Å². The minimum absolute atomic E-state index is 0.127. The fraction of sp³-hybridized carbons (Fsp3) is 0.462. The van der Waals surface area contributed by atoms with Gasteiger partial charge in [-0.25, -0.2) is 4.79 Å². The van der Waals surface area contributed by atoms with Gasteiger partial charge in [0.25, 0.3) is 0 Å². The van der Waals surface area contributed by atoms with Gasteiger partial charge in [0.2, 0.25) is 0 Å². The van der Waals surface area contributed by atoms with Gasteiger partial charge in [0.1, 0.15) is 0 Å². The van der Waals surface area contributed by atoms with Gasteiger partial charge < -0.3 is 16.2 Å². The maximum Gasteiger partial charge on any atom is 0.335 e. The Hall–Kier alpha value is -1.39. The Labute approximate surface area is 101 Å². The number of carboxylic acid groups (broad SMARTS) is 1. The molecular formula is C13H18N2O2. The SMILES string of the molecule is CC1NCC(c2cccc(C(=O)O)c2)CC1N. The summed E-state index contributed by atoms with van der Waals surface area (Å²) in [5.74, 6) is -0.575. The quantitative estimate of drug-likeness (QED) is 0.718. The highest BCUT2D eigenvalue weighted by molar-refractivity contribution is 5.87. The third kappa shape index (κ3) is 2.65. The van der Waals surface area contributed by atoms with E-state index in [0.717, 1.165) is 18.5 Å². The fourth-order valence-corrected chi connectivity index (χ4v) is 2.28. The molecule has 1 aromatic carbocycles. The van der Waals surface area contributed by atoms with Crippen molar-refractivity contribution in [3.05, 3.63) is 35.4 Å². The van der Waals surface area contributed by atoms with Crippen molar-refractivity contribution in [1.29, 1.82) is 0 Å². The predicted octanol–water partition coefficient (Wildman–Crippen LogP) is 1.18. The first-order chi connectivity index (χ1) is 8.08. The number of rotatable bonds is 2. The molecule has 92 valence electrons. The van der Waals surface area contributed by atoms with Gasteiger partial charge in [-0.1, -0.05) is 12.1 Å². The van der Waals surface area contributed by atoms with E-state index in [1.165, 1.54) is 0 Å². The zero-order valence-corrected chi connectivity index (χ0v) is 9.89. The molecule has 0 bridgehead atoms. The lowest BCUT2D eigenvalue weighted by Crippen LogP contribution is -2.50. The van der Waals surface area contributed by atoms with E-state index < -0.39 is 5.97 Å². The second-order valence-corrected chi connectivity index (χ2v) is 4.72. The van der Waals surface area contributed by atoms with E-state index in [1.54, 1.807) is 18.2 Å². The molecule has 1 saturated heterocycles. The van der Waals surface area contributed by atoms with Gasteiger partial charge in [-0.05, 0) is 37.0 Å². The molecule has 4 heteroatoms. The molecule has 17 heavy (non-hydrogen) atoms. The van der Waals surface area contributed by atoms with E-state index in [1.807, 2.05) is 6.07 Å². The Bertz CT molecular complexity index is 420. The van der Waals surface area contributed by atoms with Gasteiger partial charge >= 0.3 is 5.97 Å². The number of hydrogen-bond acceptors (Lipinski definition) is 3. The molecule has 1 aromatic rings. The predicted molar refractivity (Wildman–Crippen MR) is 66.2 cm³/mol. The van der Waals surface area contributed by atoms with Crippen LogP contribution in [-0.4, -0.2) is 29.7 Å². The van der Waals surface area contributed by atoms with Crippen molar-refractivity contribution in [3.63, 3.8) is 0 Å². The Morgan fingerprint density at radius 2 is 2.29 bits per heavy atom. The van der Waals surface area contributed by atoms with Crippen LogP contribution in [0.5, 0.6) is 0 Å². The minimum atomic E-state index is -0.881. The van der Waals surface area contributed by atoms with Crippen LogP contribution in [0.15, 0.2) is 24.3 Å². The van der Waals surface area contributed by atoms with Crippen LogP contribution in [0.1, 0.15) is 35.2 Å². The summed E-state index contributed by atoms with van der Waals surface area (Å²) in [7, 11) is 0. The first kappa shape index (κ1) is 12.1. The van der Waals surface area contributed by atoms with Crippen LogP contribution in [0.2, 0.25) is 0 Å². The average molecular weight is 234 g/mol. The highest BCUT2D eigenvalue weighted by atomic mass is 16.4. The molecule has 2 rings (SSSR count). The second-order valence-electron chi connectivity index (χ2n) is 4.72. The lowest BCUT2D eigenvalue weighted by Gasteiger charge is -2.33. The standard InChI is InChI=1S/C13H18N2O2/c1-8-12(14)6-11(7-15-8)9-3-2-4-10(5-9)13(16)17/h2-5,8,11-12,15H,6-7,14H2,1H3,(H,16,17). The van der Waals surface area contributed by atoms with Crippen LogP contribution in [0.4, 0.5) is 0 Å². The van der Waals surface area contributed by atoms with Crippen molar-refractivity contribution < 1.29 is 9.90 Å². The van der Waals surface area contributed by atoms with Crippen molar-refractivity contribution in [2.75, 3.05) is 6.54 Å². The van der Waals surface area contributed by atoms with Gasteiger partial charge in [0.05, 0.1) is 5.56 Å². The third-order valence-corrected chi connectivity index (χ3v) is 3.49. The van der Waals surface area contributed by atoms with Crippen molar-refractivity contribution in [3.8, 4) is 0 Å². The van der Waals surface area contributed by atoms with Crippen LogP contribution in [0.3, 0.4) is 0 Å². The molecule has 3 atom stereocenters. The zero-order chi connectivity index (χ0) is 12.4. The Morgan fingerprint density at radius 3 is 2.94 bits per heavy atom. The van der Waals surface area contributed by atoms with E-state index in [4.69, 9.17) is 10.8 Å². The van der Waals surface area contributed by atoms with Crippen molar-refractivity contribution >= 4 is 5.97 Å². The Balaban J connectivity index is 2.17. The Kier molecular flexibility index (Phi) is 3.45. The molecule has 1 fully saturated rings. The number of nitrogens with one attached hydrogen (secondary N) is 1. The van der Waals surface area contributed by atoms with Gasteiger partial charge in [-0.15, -0.1) is 0 Å². The molecule has 3 unspecified atom stereocenters. The maximum absolute atomic E-state index is 10.9. The minimum Gasteiger partial charge on any atom is -0.478 e. The highest BCUT2D eigenvalue weighted by Crippen LogP contribution is 2.25. The summed E-state index contributed by atoms with van der Waals surface area (Å²) in [6.45, 7) is 2.94. The van der Waals surface area contributed by atoms with Gasteiger partial charge in [0.15, 0.2) is 0 Å². The topological polar surface area (TPSA) is 75.3 Å². The summed E-state index contributed by atoms with van der Waals surface area (Å²) in [4.78, 5) is 10.9. The van der Waals surface area contributed by atoms with Crippen LogP contribution in [0, 0.1) is 0 Å². The van der Waals surface area contributed by atoms with Crippen molar-refractivity contribution in [2.45, 2.75) is 31.3 Å². The average Bonchev–Trinajstić information content (AvgIpc) is 2.33. The number of aromatic carboxylic acids is 1. The van der Waals surface area contributed by atoms with Crippen molar-refractivity contribution in [2.24, 2.45) is 5.73 Å². The van der Waals surface area contributed by atoms with E-state index in [-0.39, 0.29) is 6.04 Å². The molecule has 0 radical (unpaired) electrons. The smallest absolute Gasteiger partial charge is 0.335 e. The summed E-state index contributed by atoms with van der Waals surface area (Å²) in [6, 6.07) is 7.59. The number of piperidine rings is 1. The van der Waals surface area contributed by atoms with E-state index in [2.05, 4.69) is 12.2 Å². The summed E-state index contributed by atoms with van der Waals surface area (Å²) < 4.78 is 0. The maximum atomic E-state index is 10.9. The third-order valence-electron chi connectivity index (χ3n) is 3.49. The number of hydrogen-bond donors (Lipinski definition) is 3. The second kappa shape index (κ2) is 4.85. The molecule has 0 aromatic heterocycles. The highest BCUT2D eigenvalue weighted by Gasteiger charge is 2.25. The van der Waals surface area contributed by atoms with E-state index in [9.17, 15) is 4.79 Å². The molecule has 4 nitrogen and oxygen atoms in total. The number of nitrogens with two attached hydrogens (primary N) is 1. The summed E-state index contributed by atoms with van der Waals surface area (Å²) in [5.41, 5.74) is 7.42. The number of benzene rings is 1. The zero-order valence-electron chi connectivity index (χ0n) is 9.89. The van der Waals surface area contributed by atoms with Crippen LogP contribution >= 0.6 is 0 Å². The first-order valence-corrected chi connectivity index (χ1v) is 5.90. The molecule has 0 spiro atoms. The van der Waals surface area contributed by atoms with Gasteiger partial charge in [-0.2, -0.15) is 0 Å². The first-order valence-electron chi connectivity index (χ1n) is 5.90. The number of carboxylic acids is 1. The molecule has 0 amide bonds. The van der Waals surface area contributed by atoms with Gasteiger partial charge in [0, 0.05) is 18.6 Å². The number of carbonyl (C=O) groups is 1. The van der Waals surface area contributed by atoms with Crippen molar-refractivity contribution in [1.82, 2.24) is 5.32 Å². The molecule has 1 heterocycles. The fourth-order valence-electron chi connectivity index (χ4n) is 2.28.